The Balaban J connectivity index is 2.20. The largest absolute Gasteiger partial charge is 0.469 e. The normalized spacial score (nSPS) is 17.1. The van der Waals surface area contributed by atoms with Gasteiger partial charge in [0.15, 0.2) is 11.6 Å². The molecule has 3 atom stereocenters. The Morgan fingerprint density at radius 3 is 2.26 bits per heavy atom. The van der Waals surface area contributed by atoms with Gasteiger partial charge in [-0.05, 0) is 57.6 Å². The van der Waals surface area contributed by atoms with Crippen LogP contribution in [-0.4, -0.2) is 66.2 Å². The van der Waals surface area contributed by atoms with Crippen LogP contribution in [0.15, 0.2) is 12.1 Å². The van der Waals surface area contributed by atoms with E-state index in [0.29, 0.717) is 25.0 Å². The Bertz CT molecular complexity index is 1040. The number of alkyl carbamates (subject to hydrolysis) is 1. The van der Waals surface area contributed by atoms with Crippen LogP contribution in [0.25, 0.3) is 0 Å². The van der Waals surface area contributed by atoms with Gasteiger partial charge in [0.05, 0.1) is 13.5 Å². The molecule has 1 aliphatic heterocycles. The summed E-state index contributed by atoms with van der Waals surface area (Å²) in [7, 11) is 1.14. The molecule has 212 valence electrons. The van der Waals surface area contributed by atoms with Gasteiger partial charge in [0, 0.05) is 18.7 Å². The predicted molar refractivity (Wildman–Crippen MR) is 131 cm³/mol. The van der Waals surface area contributed by atoms with E-state index in [9.17, 15) is 32.3 Å². The lowest BCUT2D eigenvalue weighted by atomic mass is 10.0. The molecule has 1 aromatic carbocycles. The Hall–Kier alpha value is -3.31. The molecule has 1 aromatic rings. The number of hydrogen-bond donors (Lipinski definition) is 2. The van der Waals surface area contributed by atoms with Gasteiger partial charge >= 0.3 is 12.1 Å². The Kier molecular flexibility index (Phi) is 10.5. The topological polar surface area (TPSA) is 114 Å². The van der Waals surface area contributed by atoms with Gasteiger partial charge in [0.1, 0.15) is 23.5 Å². The van der Waals surface area contributed by atoms with Gasteiger partial charge in [-0.25, -0.2) is 18.0 Å². The molecule has 0 radical (unpaired) electrons. The second-order valence-electron chi connectivity index (χ2n) is 10.6. The number of hydrogen-bond acceptors (Lipinski definition) is 6. The number of carbonyl (C=O) groups is 4. The molecule has 0 aromatic heterocycles. The lowest BCUT2D eigenvalue weighted by molar-refractivity contribution is -0.143. The van der Waals surface area contributed by atoms with Crippen molar-refractivity contribution in [1.82, 2.24) is 15.5 Å². The average Bonchev–Trinajstić information content (AvgIpc) is 3.29. The first kappa shape index (κ1) is 30.9. The lowest BCUT2D eigenvalue weighted by Crippen LogP contribution is -2.56. The fraction of sp³-hybridized carbons (Fsp3) is 0.615. The smallest absolute Gasteiger partial charge is 0.408 e. The molecule has 3 unspecified atom stereocenters. The van der Waals surface area contributed by atoms with Crippen molar-refractivity contribution < 1.29 is 41.8 Å². The van der Waals surface area contributed by atoms with Crippen LogP contribution in [0.1, 0.15) is 59.4 Å². The fourth-order valence-electron chi connectivity index (χ4n) is 4.17. The molecule has 0 bridgehead atoms. The fourth-order valence-corrected chi connectivity index (χ4v) is 4.17. The van der Waals surface area contributed by atoms with E-state index < -0.39 is 65.1 Å². The van der Waals surface area contributed by atoms with Crippen LogP contribution in [0, 0.1) is 23.4 Å². The zero-order valence-corrected chi connectivity index (χ0v) is 22.5. The van der Waals surface area contributed by atoms with E-state index in [1.165, 1.54) is 4.90 Å². The third kappa shape index (κ3) is 8.63. The van der Waals surface area contributed by atoms with E-state index in [4.69, 9.17) is 4.74 Å². The number of likely N-dealkylation sites (tertiary alicyclic amines) is 1. The van der Waals surface area contributed by atoms with E-state index >= 15 is 0 Å². The van der Waals surface area contributed by atoms with E-state index in [-0.39, 0.29) is 30.9 Å². The van der Waals surface area contributed by atoms with E-state index in [0.717, 1.165) is 7.11 Å². The third-order valence-electron chi connectivity index (χ3n) is 5.99. The van der Waals surface area contributed by atoms with Crippen molar-refractivity contribution >= 4 is 23.9 Å². The van der Waals surface area contributed by atoms with Gasteiger partial charge in [-0.3, -0.25) is 14.4 Å². The van der Waals surface area contributed by atoms with Crippen molar-refractivity contribution in [3.05, 3.63) is 35.1 Å². The zero-order chi connectivity index (χ0) is 28.8. The van der Waals surface area contributed by atoms with Crippen molar-refractivity contribution in [1.29, 1.82) is 0 Å². The number of nitrogens with one attached hydrogen (secondary N) is 2. The SMILES string of the molecule is COC(=O)CC(Cc1cc(F)c(F)cc1F)NC(=O)C1CCCN1C(=O)C(NC(=O)OC(C)(C)C)C(C)C. The zero-order valence-electron chi connectivity index (χ0n) is 22.5. The standard InChI is InChI=1S/C26H36F3N3O6/c1-14(2)22(31-25(36)38-26(3,4)5)24(35)32-9-7-8-20(32)23(34)30-16(12-21(33)37-6)10-15-11-18(28)19(29)13-17(15)27/h11,13-14,16,20,22H,7-10,12H2,1-6H3,(H,30,34)(H,31,36). The van der Waals surface area contributed by atoms with Crippen molar-refractivity contribution in [3.8, 4) is 0 Å². The highest BCUT2D eigenvalue weighted by Crippen LogP contribution is 2.22. The Morgan fingerprint density at radius 1 is 1.05 bits per heavy atom. The van der Waals surface area contributed by atoms with Gasteiger partial charge in [-0.2, -0.15) is 0 Å². The molecule has 0 spiro atoms. The number of esters is 1. The molecule has 1 fully saturated rings. The molecule has 1 saturated heterocycles. The summed E-state index contributed by atoms with van der Waals surface area (Å²) in [5, 5.41) is 5.21. The molecule has 3 amide bonds. The number of carbonyl (C=O) groups excluding carboxylic acids is 4. The minimum atomic E-state index is -1.36. The van der Waals surface area contributed by atoms with Crippen LogP contribution in [0.4, 0.5) is 18.0 Å². The van der Waals surface area contributed by atoms with Crippen LogP contribution in [0.2, 0.25) is 0 Å². The molecule has 12 heteroatoms. The number of rotatable bonds is 9. The maximum Gasteiger partial charge on any atom is 0.408 e. The predicted octanol–water partition coefficient (Wildman–Crippen LogP) is 3.23. The number of amides is 3. The highest BCUT2D eigenvalue weighted by atomic mass is 19.2. The van der Waals surface area contributed by atoms with E-state index in [2.05, 4.69) is 15.4 Å². The minimum absolute atomic E-state index is 0.237. The second-order valence-corrected chi connectivity index (χ2v) is 10.6. The van der Waals surface area contributed by atoms with Gasteiger partial charge in [-0.1, -0.05) is 13.8 Å². The van der Waals surface area contributed by atoms with Gasteiger partial charge in [0.25, 0.3) is 0 Å². The maximum absolute atomic E-state index is 14.3. The van der Waals surface area contributed by atoms with Crippen molar-refractivity contribution in [2.45, 2.75) is 84.0 Å². The van der Waals surface area contributed by atoms with Crippen LogP contribution in [0.5, 0.6) is 0 Å². The molecular formula is C26H36F3N3O6. The molecule has 0 aliphatic carbocycles. The molecule has 38 heavy (non-hydrogen) atoms. The summed E-state index contributed by atoms with van der Waals surface area (Å²) in [6, 6.07) is -1.84. The molecule has 2 rings (SSSR count). The van der Waals surface area contributed by atoms with Crippen LogP contribution in [-0.2, 0) is 30.3 Å². The summed E-state index contributed by atoms with van der Waals surface area (Å²) in [5.74, 6) is -5.76. The highest BCUT2D eigenvalue weighted by Gasteiger charge is 2.39. The number of nitrogens with zero attached hydrogens (tertiary/aromatic N) is 1. The van der Waals surface area contributed by atoms with Gasteiger partial charge < -0.3 is 25.0 Å². The second kappa shape index (κ2) is 13.0. The van der Waals surface area contributed by atoms with Crippen molar-refractivity contribution in [2.75, 3.05) is 13.7 Å². The minimum Gasteiger partial charge on any atom is -0.469 e. The molecule has 1 heterocycles. The first-order chi connectivity index (χ1) is 17.6. The van der Waals surface area contributed by atoms with Crippen LogP contribution >= 0.6 is 0 Å². The highest BCUT2D eigenvalue weighted by molar-refractivity contribution is 5.92. The summed E-state index contributed by atoms with van der Waals surface area (Å²) in [4.78, 5) is 52.3. The number of ether oxygens (including phenoxy) is 2. The van der Waals surface area contributed by atoms with Crippen molar-refractivity contribution in [2.24, 2.45) is 5.92 Å². The van der Waals surface area contributed by atoms with E-state index in [1.54, 1.807) is 34.6 Å². The average molecular weight is 544 g/mol. The number of halogens is 3. The lowest BCUT2D eigenvalue weighted by Gasteiger charge is -2.32. The summed E-state index contributed by atoms with van der Waals surface area (Å²) in [5.41, 5.74) is -1.01. The molecular weight excluding hydrogens is 507 g/mol. The molecule has 1 aliphatic rings. The summed E-state index contributed by atoms with van der Waals surface area (Å²) in [6.07, 6.45) is -0.619. The Morgan fingerprint density at radius 2 is 1.68 bits per heavy atom. The first-order valence-electron chi connectivity index (χ1n) is 12.4. The van der Waals surface area contributed by atoms with Gasteiger partial charge in [0.2, 0.25) is 11.8 Å². The summed E-state index contributed by atoms with van der Waals surface area (Å²) < 4.78 is 51.2. The quantitative estimate of drug-likeness (QED) is 0.365. The Labute approximate surface area is 220 Å². The third-order valence-corrected chi connectivity index (χ3v) is 5.99. The monoisotopic (exact) mass is 543 g/mol. The maximum atomic E-state index is 14.3. The summed E-state index contributed by atoms with van der Waals surface area (Å²) >= 11 is 0. The number of benzene rings is 1. The molecule has 0 saturated carbocycles. The van der Waals surface area contributed by atoms with E-state index in [1.807, 2.05) is 0 Å². The summed E-state index contributed by atoms with van der Waals surface area (Å²) in [6.45, 7) is 8.82. The first-order valence-corrected chi connectivity index (χ1v) is 12.4. The van der Waals surface area contributed by atoms with Gasteiger partial charge in [-0.15, -0.1) is 0 Å². The molecule has 9 nitrogen and oxygen atoms in total. The number of methoxy groups -OCH3 is 1. The van der Waals surface area contributed by atoms with Crippen molar-refractivity contribution in [3.63, 3.8) is 0 Å². The van der Waals surface area contributed by atoms with Crippen LogP contribution in [0.3, 0.4) is 0 Å². The molecule has 2 N–H and O–H groups in total. The van der Waals surface area contributed by atoms with Crippen LogP contribution < -0.4 is 10.6 Å².